The van der Waals surface area contributed by atoms with Crippen LogP contribution in [0.25, 0.3) is 27.6 Å². The molecule has 8 nitrogen and oxygen atoms in total. The molecule has 0 aliphatic carbocycles. The first kappa shape index (κ1) is 13.5. The fraction of sp³-hybridized carbons (Fsp3) is 0.200. The number of ether oxygens (including phenoxy) is 1. The van der Waals surface area contributed by atoms with E-state index in [9.17, 15) is 9.59 Å². The smallest absolute Gasteiger partial charge is 0.362 e. The van der Waals surface area contributed by atoms with Gasteiger partial charge in [-0.2, -0.15) is 4.98 Å². The van der Waals surface area contributed by atoms with Crippen molar-refractivity contribution in [2.24, 2.45) is 7.05 Å². The Balaban J connectivity index is 2.19. The summed E-state index contributed by atoms with van der Waals surface area (Å²) >= 11 is 0. The minimum atomic E-state index is -0.615. The number of nitrogens with zero attached hydrogens (tertiary/aromatic N) is 4. The first-order chi connectivity index (χ1) is 11.1. The van der Waals surface area contributed by atoms with Gasteiger partial charge in [-0.15, -0.1) is 5.10 Å². The highest BCUT2D eigenvalue weighted by atomic mass is 16.5. The monoisotopic (exact) mass is 311 g/mol. The highest BCUT2D eigenvalue weighted by molar-refractivity contribution is 6.07. The molecule has 0 fully saturated rings. The van der Waals surface area contributed by atoms with Gasteiger partial charge in [0, 0.05) is 12.4 Å². The molecule has 3 heterocycles. The molecule has 0 unspecified atom stereocenters. The number of carbonyl (C=O) groups excluding carboxylic acids is 1. The Morgan fingerprint density at radius 2 is 2.13 bits per heavy atom. The molecule has 0 bridgehead atoms. The Morgan fingerprint density at radius 3 is 2.91 bits per heavy atom. The maximum Gasteiger partial charge on any atom is 0.362 e. The van der Waals surface area contributed by atoms with Gasteiger partial charge in [0.2, 0.25) is 5.69 Å². The summed E-state index contributed by atoms with van der Waals surface area (Å²) in [5, 5.41) is 8.00. The summed E-state index contributed by atoms with van der Waals surface area (Å²) < 4.78 is 8.35. The van der Waals surface area contributed by atoms with Crippen LogP contribution in [0.3, 0.4) is 0 Å². The quantitative estimate of drug-likeness (QED) is 0.562. The Hall–Kier alpha value is -3.16. The molecule has 1 N–H and O–H groups in total. The van der Waals surface area contributed by atoms with Crippen LogP contribution in [0.5, 0.6) is 0 Å². The average molecular weight is 311 g/mol. The predicted octanol–water partition coefficient (Wildman–Crippen LogP) is 1.24. The van der Waals surface area contributed by atoms with Gasteiger partial charge in [-0.1, -0.05) is 18.2 Å². The topological polar surface area (TPSA) is 94.3 Å². The van der Waals surface area contributed by atoms with Crippen molar-refractivity contribution < 1.29 is 9.53 Å². The summed E-state index contributed by atoms with van der Waals surface area (Å²) in [6.45, 7) is 1.92. The average Bonchev–Trinajstić information content (AvgIpc) is 3.08. The van der Waals surface area contributed by atoms with Gasteiger partial charge in [0.1, 0.15) is 5.65 Å². The number of aromatic amines is 1. The normalized spacial score (nSPS) is 11.6. The number of fused-ring (bicyclic) bond motifs is 5. The number of hydrogen-bond acceptors (Lipinski definition) is 5. The third kappa shape index (κ3) is 1.71. The van der Waals surface area contributed by atoms with E-state index >= 15 is 0 Å². The zero-order chi connectivity index (χ0) is 16.1. The lowest BCUT2D eigenvalue weighted by atomic mass is 10.2. The molecular weight excluding hydrogens is 298 g/mol. The first-order valence-electron chi connectivity index (χ1n) is 7.15. The first-order valence-corrected chi connectivity index (χ1v) is 7.15. The van der Waals surface area contributed by atoms with Crippen molar-refractivity contribution in [1.82, 2.24) is 24.4 Å². The molecule has 0 aliphatic rings. The number of nitrogens with one attached hydrogen (secondary N) is 1. The molecule has 0 radical (unpaired) electrons. The molecule has 0 atom stereocenters. The maximum absolute atomic E-state index is 12.5. The number of para-hydroxylation sites is 1. The van der Waals surface area contributed by atoms with Crippen molar-refractivity contribution in [3.63, 3.8) is 0 Å². The minimum absolute atomic E-state index is 0.00361. The van der Waals surface area contributed by atoms with Crippen LogP contribution in [-0.2, 0) is 11.8 Å². The molecule has 3 aromatic heterocycles. The number of esters is 1. The third-order valence-electron chi connectivity index (χ3n) is 3.86. The molecule has 1 aromatic carbocycles. The minimum Gasteiger partial charge on any atom is -0.461 e. The SMILES string of the molecule is CCOC(=O)c1n[nH]n2c1nc(=O)c1c3ccccc3n(C)c12. The van der Waals surface area contributed by atoms with Crippen LogP contribution >= 0.6 is 0 Å². The van der Waals surface area contributed by atoms with Crippen LogP contribution in [0.4, 0.5) is 0 Å². The van der Waals surface area contributed by atoms with E-state index in [1.165, 1.54) is 4.52 Å². The number of benzene rings is 1. The molecule has 116 valence electrons. The molecule has 23 heavy (non-hydrogen) atoms. The second-order valence-electron chi connectivity index (χ2n) is 5.13. The van der Waals surface area contributed by atoms with Crippen molar-refractivity contribution in [2.75, 3.05) is 6.61 Å². The molecule has 0 spiro atoms. The van der Waals surface area contributed by atoms with Gasteiger partial charge < -0.3 is 9.30 Å². The second-order valence-corrected chi connectivity index (χ2v) is 5.13. The Bertz CT molecular complexity index is 1130. The van der Waals surface area contributed by atoms with Crippen molar-refractivity contribution in [3.8, 4) is 0 Å². The highest BCUT2D eigenvalue weighted by Gasteiger charge is 2.22. The molecule has 8 heteroatoms. The van der Waals surface area contributed by atoms with E-state index in [0.29, 0.717) is 11.0 Å². The summed E-state index contributed by atoms with van der Waals surface area (Å²) in [6, 6.07) is 7.56. The third-order valence-corrected chi connectivity index (χ3v) is 3.86. The molecule has 4 aromatic rings. The van der Waals surface area contributed by atoms with Crippen molar-refractivity contribution in [1.29, 1.82) is 0 Å². The van der Waals surface area contributed by atoms with Gasteiger partial charge in [0.25, 0.3) is 5.56 Å². The maximum atomic E-state index is 12.5. The van der Waals surface area contributed by atoms with Gasteiger partial charge in [0.05, 0.1) is 17.5 Å². The summed E-state index contributed by atoms with van der Waals surface area (Å²) in [5.41, 5.74) is 1.25. The molecule has 4 rings (SSSR count). The van der Waals surface area contributed by atoms with Crippen LogP contribution in [-0.4, -0.2) is 37.0 Å². The summed E-state index contributed by atoms with van der Waals surface area (Å²) in [5.74, 6) is -0.615. The number of H-pyrrole nitrogens is 1. The molecule has 0 saturated carbocycles. The summed E-state index contributed by atoms with van der Waals surface area (Å²) in [7, 11) is 1.85. The number of carbonyl (C=O) groups is 1. The van der Waals surface area contributed by atoms with E-state index in [1.807, 2.05) is 35.9 Å². The Kier molecular flexibility index (Phi) is 2.74. The number of hydrogen-bond donors (Lipinski definition) is 1. The van der Waals surface area contributed by atoms with Crippen molar-refractivity contribution >= 4 is 33.6 Å². The van der Waals surface area contributed by atoms with Crippen LogP contribution in [0, 0.1) is 0 Å². The van der Waals surface area contributed by atoms with Crippen molar-refractivity contribution in [3.05, 3.63) is 40.3 Å². The Labute approximate surface area is 129 Å². The predicted molar refractivity (Wildman–Crippen MR) is 83.5 cm³/mol. The van der Waals surface area contributed by atoms with Gasteiger partial charge in [0.15, 0.2) is 5.65 Å². The highest BCUT2D eigenvalue weighted by Crippen LogP contribution is 2.25. The number of aromatic nitrogens is 5. The van der Waals surface area contributed by atoms with Crippen LogP contribution < -0.4 is 5.56 Å². The molecule has 0 saturated heterocycles. The fourth-order valence-electron chi connectivity index (χ4n) is 2.89. The van der Waals surface area contributed by atoms with Crippen LogP contribution in [0.2, 0.25) is 0 Å². The standard InChI is InChI=1S/C15H13N5O3/c1-3-23-15(22)11-12-16-13(21)10-8-6-4-5-7-9(8)19(2)14(10)20(12)18-17-11/h4-7,18H,3H2,1-2H3. The molecule has 0 amide bonds. The van der Waals surface area contributed by atoms with E-state index in [1.54, 1.807) is 6.92 Å². The summed E-state index contributed by atoms with van der Waals surface area (Å²) in [4.78, 5) is 28.5. The van der Waals surface area contributed by atoms with E-state index in [-0.39, 0.29) is 17.9 Å². The van der Waals surface area contributed by atoms with Gasteiger partial charge in [-0.3, -0.25) is 4.79 Å². The largest absolute Gasteiger partial charge is 0.461 e. The molecular formula is C15H13N5O3. The van der Waals surface area contributed by atoms with Gasteiger partial charge >= 0.3 is 5.97 Å². The van der Waals surface area contributed by atoms with E-state index in [2.05, 4.69) is 15.3 Å². The zero-order valence-electron chi connectivity index (χ0n) is 12.5. The second kappa shape index (κ2) is 4.67. The number of rotatable bonds is 2. The fourth-order valence-corrected chi connectivity index (χ4v) is 2.89. The van der Waals surface area contributed by atoms with Gasteiger partial charge in [-0.05, 0) is 13.0 Å². The lowest BCUT2D eigenvalue weighted by molar-refractivity contribution is 0.0521. The van der Waals surface area contributed by atoms with Gasteiger partial charge in [-0.25, -0.2) is 14.5 Å². The van der Waals surface area contributed by atoms with Crippen LogP contribution in [0.15, 0.2) is 29.1 Å². The Morgan fingerprint density at radius 1 is 1.35 bits per heavy atom. The zero-order valence-corrected chi connectivity index (χ0v) is 12.5. The van der Waals surface area contributed by atoms with E-state index in [0.717, 1.165) is 10.9 Å². The molecule has 0 aliphatic heterocycles. The lowest BCUT2D eigenvalue weighted by Gasteiger charge is -2.00. The van der Waals surface area contributed by atoms with Crippen LogP contribution in [0.1, 0.15) is 17.4 Å². The van der Waals surface area contributed by atoms with E-state index < -0.39 is 11.5 Å². The van der Waals surface area contributed by atoms with Crippen molar-refractivity contribution in [2.45, 2.75) is 6.92 Å². The number of aryl methyl sites for hydroxylation is 1. The summed E-state index contributed by atoms with van der Waals surface area (Å²) in [6.07, 6.45) is 0. The van der Waals surface area contributed by atoms with E-state index in [4.69, 9.17) is 4.74 Å². The lowest BCUT2D eigenvalue weighted by Crippen LogP contribution is -2.13.